The molecule has 9 heavy (non-hydrogen) atoms. The highest BCUT2D eigenvalue weighted by molar-refractivity contribution is 14.1. The van der Waals surface area contributed by atoms with Crippen molar-refractivity contribution in [1.82, 2.24) is 9.97 Å². The molecule has 0 aliphatic carbocycles. The van der Waals surface area contributed by atoms with Crippen LogP contribution in [-0.4, -0.2) is 9.97 Å². The van der Waals surface area contributed by atoms with Crippen LogP contribution in [-0.2, 0) is 0 Å². The summed E-state index contributed by atoms with van der Waals surface area (Å²) in [5.41, 5.74) is 5.40. The van der Waals surface area contributed by atoms with Crippen LogP contribution in [0.2, 0.25) is 0 Å². The number of rotatable bonds is 0. The molecule has 0 bridgehead atoms. The van der Waals surface area contributed by atoms with Crippen molar-refractivity contribution in [3.05, 3.63) is 13.6 Å². The number of halogens is 2. The molecule has 1 aromatic heterocycles. The maximum absolute atomic E-state index is 5.40. The van der Waals surface area contributed by atoms with E-state index in [4.69, 9.17) is 5.73 Å². The Morgan fingerprint density at radius 3 is 2.56 bits per heavy atom. The van der Waals surface area contributed by atoms with Gasteiger partial charge >= 0.3 is 0 Å². The van der Waals surface area contributed by atoms with Crippen LogP contribution in [0.5, 0.6) is 0 Å². The van der Waals surface area contributed by atoms with Gasteiger partial charge in [-0.3, -0.25) is 0 Å². The Balaban J connectivity index is 3.17. The van der Waals surface area contributed by atoms with Gasteiger partial charge in [0, 0.05) is 0 Å². The molecule has 48 valence electrons. The maximum Gasteiger partial charge on any atom is 0.155 e. The maximum atomic E-state index is 5.40. The zero-order valence-corrected chi connectivity index (χ0v) is 8.62. The largest absolute Gasteiger partial charge is 0.382 e. The molecule has 0 aliphatic rings. The molecule has 0 aromatic carbocycles. The first kappa shape index (κ1) is 7.45. The van der Waals surface area contributed by atoms with Crippen LogP contribution in [0.4, 0.5) is 5.82 Å². The van der Waals surface area contributed by atoms with Crippen LogP contribution >= 0.6 is 45.2 Å². The summed E-state index contributed by atoms with van der Waals surface area (Å²) in [6, 6.07) is 0. The molecule has 0 aliphatic heterocycles. The molecule has 1 rings (SSSR count). The molecule has 0 saturated heterocycles. The molecule has 5 heteroatoms. The average molecular weight is 347 g/mol. The molecule has 1 heterocycles. The van der Waals surface area contributed by atoms with Crippen LogP contribution in [0, 0.1) is 7.40 Å². The van der Waals surface area contributed by atoms with Crippen LogP contribution in [0.1, 0.15) is 0 Å². The summed E-state index contributed by atoms with van der Waals surface area (Å²) in [5.74, 6) is 0.496. The first-order valence-electron chi connectivity index (χ1n) is 2.13. The molecule has 0 fully saturated rings. The number of aromatic nitrogens is 2. The van der Waals surface area contributed by atoms with Gasteiger partial charge in [-0.25, -0.2) is 9.97 Å². The molecular formula is C4H3I2N3. The smallest absolute Gasteiger partial charge is 0.155 e. The number of anilines is 1. The van der Waals surface area contributed by atoms with Crippen molar-refractivity contribution >= 4 is 51.0 Å². The van der Waals surface area contributed by atoms with E-state index >= 15 is 0 Å². The van der Waals surface area contributed by atoms with E-state index in [9.17, 15) is 0 Å². The van der Waals surface area contributed by atoms with Crippen molar-refractivity contribution in [2.24, 2.45) is 0 Å². The Kier molecular flexibility index (Phi) is 2.44. The first-order chi connectivity index (χ1) is 4.20. The van der Waals surface area contributed by atoms with E-state index in [1.54, 1.807) is 6.20 Å². The molecule has 0 radical (unpaired) electrons. The van der Waals surface area contributed by atoms with Gasteiger partial charge in [0.15, 0.2) is 5.82 Å². The molecule has 3 nitrogen and oxygen atoms in total. The third-order valence-electron chi connectivity index (χ3n) is 0.726. The van der Waals surface area contributed by atoms with E-state index < -0.39 is 0 Å². The molecule has 2 N–H and O–H groups in total. The molecule has 0 atom stereocenters. The summed E-state index contributed by atoms with van der Waals surface area (Å²) >= 11 is 4.13. The standard InChI is InChI=1S/C4H3I2N3/c5-2-1-8-4(7)3(6)9-2/h1H,(H2,7,8). The lowest BCUT2D eigenvalue weighted by Crippen LogP contribution is -1.97. The highest BCUT2D eigenvalue weighted by Crippen LogP contribution is 2.09. The summed E-state index contributed by atoms with van der Waals surface area (Å²) in [4.78, 5) is 7.94. The second-order valence-electron chi connectivity index (χ2n) is 1.37. The lowest BCUT2D eigenvalue weighted by Gasteiger charge is -1.93. The fraction of sp³-hybridized carbons (Fsp3) is 0. The van der Waals surface area contributed by atoms with Gasteiger partial charge in [-0.2, -0.15) is 0 Å². The van der Waals surface area contributed by atoms with Crippen molar-refractivity contribution in [3.63, 3.8) is 0 Å². The van der Waals surface area contributed by atoms with E-state index in [-0.39, 0.29) is 0 Å². The van der Waals surface area contributed by atoms with Gasteiger partial charge in [0.1, 0.15) is 7.40 Å². The first-order valence-corrected chi connectivity index (χ1v) is 4.29. The predicted molar refractivity (Wildman–Crippen MR) is 51.9 cm³/mol. The number of nitrogen functional groups attached to an aromatic ring is 1. The minimum absolute atomic E-state index is 0.496. The van der Waals surface area contributed by atoms with Gasteiger partial charge in [-0.15, -0.1) is 0 Å². The molecule has 0 unspecified atom stereocenters. The second kappa shape index (κ2) is 2.95. The molecule has 0 saturated carbocycles. The van der Waals surface area contributed by atoms with E-state index in [2.05, 4.69) is 32.6 Å². The lowest BCUT2D eigenvalue weighted by molar-refractivity contribution is 1.13. The third kappa shape index (κ3) is 1.88. The quantitative estimate of drug-likeness (QED) is 0.720. The Morgan fingerprint density at radius 2 is 2.11 bits per heavy atom. The van der Waals surface area contributed by atoms with Gasteiger partial charge in [0.2, 0.25) is 0 Å². The number of hydrogen-bond donors (Lipinski definition) is 1. The Labute approximate surface area is 79.7 Å². The summed E-state index contributed by atoms with van der Waals surface area (Å²) < 4.78 is 1.63. The third-order valence-corrected chi connectivity index (χ3v) is 2.04. The number of nitrogens with two attached hydrogens (primary N) is 1. The topological polar surface area (TPSA) is 51.8 Å². The number of nitrogens with zero attached hydrogens (tertiary/aromatic N) is 2. The zero-order valence-electron chi connectivity index (χ0n) is 4.31. The van der Waals surface area contributed by atoms with E-state index in [1.807, 2.05) is 22.6 Å². The van der Waals surface area contributed by atoms with E-state index in [0.717, 1.165) is 7.40 Å². The summed E-state index contributed by atoms with van der Waals surface area (Å²) in [6.07, 6.45) is 1.64. The minimum atomic E-state index is 0.496. The SMILES string of the molecule is Nc1ncc(I)nc1I. The Morgan fingerprint density at radius 1 is 1.44 bits per heavy atom. The van der Waals surface area contributed by atoms with E-state index in [1.165, 1.54) is 0 Å². The minimum Gasteiger partial charge on any atom is -0.382 e. The summed E-state index contributed by atoms with van der Waals surface area (Å²) in [6.45, 7) is 0. The Bertz CT molecular complexity index is 225. The van der Waals surface area contributed by atoms with E-state index in [0.29, 0.717) is 5.82 Å². The van der Waals surface area contributed by atoms with Gasteiger partial charge in [0.05, 0.1) is 6.20 Å². The van der Waals surface area contributed by atoms with Gasteiger partial charge in [-0.05, 0) is 45.2 Å². The van der Waals surface area contributed by atoms with Crippen molar-refractivity contribution < 1.29 is 0 Å². The fourth-order valence-corrected chi connectivity index (χ4v) is 1.60. The summed E-state index contributed by atoms with van der Waals surface area (Å²) in [7, 11) is 0. The molecule has 0 amide bonds. The van der Waals surface area contributed by atoms with Gasteiger partial charge in [0.25, 0.3) is 0 Å². The second-order valence-corrected chi connectivity index (χ2v) is 3.50. The zero-order chi connectivity index (χ0) is 6.85. The molecule has 0 spiro atoms. The highest BCUT2D eigenvalue weighted by Gasteiger charge is 1.96. The summed E-state index contributed by atoms with van der Waals surface area (Å²) in [5, 5.41) is 0. The Hall–Kier alpha value is 0.340. The van der Waals surface area contributed by atoms with Crippen molar-refractivity contribution in [3.8, 4) is 0 Å². The van der Waals surface area contributed by atoms with Crippen molar-refractivity contribution in [1.29, 1.82) is 0 Å². The van der Waals surface area contributed by atoms with Crippen LogP contribution in [0.3, 0.4) is 0 Å². The average Bonchev–Trinajstić information content (AvgIpc) is 1.80. The fourth-order valence-electron chi connectivity index (χ4n) is 0.356. The van der Waals surface area contributed by atoms with Gasteiger partial charge < -0.3 is 5.73 Å². The monoisotopic (exact) mass is 347 g/mol. The molecular weight excluding hydrogens is 344 g/mol. The van der Waals surface area contributed by atoms with Crippen LogP contribution < -0.4 is 5.73 Å². The van der Waals surface area contributed by atoms with Crippen LogP contribution in [0.25, 0.3) is 0 Å². The number of hydrogen-bond acceptors (Lipinski definition) is 3. The van der Waals surface area contributed by atoms with Crippen molar-refractivity contribution in [2.45, 2.75) is 0 Å². The highest BCUT2D eigenvalue weighted by atomic mass is 127. The van der Waals surface area contributed by atoms with Gasteiger partial charge in [-0.1, -0.05) is 0 Å². The lowest BCUT2D eigenvalue weighted by atomic mass is 10.7. The normalized spacial score (nSPS) is 9.56. The predicted octanol–water partition coefficient (Wildman–Crippen LogP) is 1.27. The van der Waals surface area contributed by atoms with Crippen molar-refractivity contribution in [2.75, 3.05) is 5.73 Å². The van der Waals surface area contributed by atoms with Crippen LogP contribution in [0.15, 0.2) is 6.20 Å². The molecule has 1 aromatic rings.